The Kier molecular flexibility index (Phi) is 5.39. The number of benzene rings is 2. The van der Waals surface area contributed by atoms with Gasteiger partial charge in [0.05, 0.1) is 14.1 Å². The largest absolute Gasteiger partial charge is 1.00 e. The van der Waals surface area contributed by atoms with Gasteiger partial charge < -0.3 is 17.0 Å². The molecular weight excluding hydrogens is 310 g/mol. The summed E-state index contributed by atoms with van der Waals surface area (Å²) in [5.41, 5.74) is 2.60. The van der Waals surface area contributed by atoms with Crippen LogP contribution in [-0.4, -0.2) is 14.1 Å². The highest BCUT2D eigenvalue weighted by atomic mass is 79.9. The molecule has 0 saturated carbocycles. The van der Waals surface area contributed by atoms with Crippen molar-refractivity contribution in [1.82, 2.24) is 4.48 Å². The summed E-state index contributed by atoms with van der Waals surface area (Å²) in [5.74, 6) is 0. The first-order chi connectivity index (χ1) is 8.08. The minimum atomic E-state index is 0. The average molecular weight is 327 g/mol. The first-order valence-corrected chi connectivity index (χ1v) is 6.09. The lowest BCUT2D eigenvalue weighted by molar-refractivity contribution is -0.00000361. The summed E-state index contributed by atoms with van der Waals surface area (Å²) in [6.45, 7) is 0.975. The highest BCUT2D eigenvalue weighted by Gasteiger charge is 2.19. The topological polar surface area (TPSA) is 0 Å². The fraction of sp³-hybridized carbons (Fsp3) is 0.200. The van der Waals surface area contributed by atoms with E-state index in [-0.39, 0.29) is 17.0 Å². The normalized spacial score (nSPS) is 10.8. The smallest absolute Gasteiger partial charge is 0.132 e. The third-order valence-electron chi connectivity index (χ3n) is 2.95. The van der Waals surface area contributed by atoms with Crippen LogP contribution in [0.5, 0.6) is 0 Å². The van der Waals surface area contributed by atoms with Gasteiger partial charge in [-0.3, -0.25) is 4.48 Å². The molecule has 96 valence electrons. The van der Waals surface area contributed by atoms with Crippen LogP contribution in [0.2, 0.25) is 5.02 Å². The standard InChI is InChI=1S/C15H17ClN.BrH/c1-17(2,12-13-6-4-3-5-7-13)15-10-8-14(16)9-11-15;/h3-11H,12H2,1-2H3;1H/q+1;/p-1. The van der Waals surface area contributed by atoms with Gasteiger partial charge in [-0.2, -0.15) is 0 Å². The van der Waals surface area contributed by atoms with E-state index in [1.807, 2.05) is 18.2 Å². The van der Waals surface area contributed by atoms with Crippen LogP contribution in [0.25, 0.3) is 0 Å². The van der Waals surface area contributed by atoms with E-state index < -0.39 is 0 Å². The van der Waals surface area contributed by atoms with Gasteiger partial charge in [0, 0.05) is 22.7 Å². The molecule has 0 amide bonds. The van der Waals surface area contributed by atoms with Gasteiger partial charge in [-0.1, -0.05) is 41.9 Å². The lowest BCUT2D eigenvalue weighted by Crippen LogP contribution is -3.00. The molecule has 1 nitrogen and oxygen atoms in total. The van der Waals surface area contributed by atoms with Crippen LogP contribution in [0.1, 0.15) is 5.56 Å². The molecule has 3 heteroatoms. The molecule has 2 rings (SSSR count). The lowest BCUT2D eigenvalue weighted by atomic mass is 10.2. The maximum atomic E-state index is 5.92. The van der Waals surface area contributed by atoms with E-state index in [9.17, 15) is 0 Å². The second-order valence-electron chi connectivity index (χ2n) is 4.81. The Hall–Kier alpha value is -0.830. The molecule has 2 aromatic rings. The van der Waals surface area contributed by atoms with Gasteiger partial charge in [-0.15, -0.1) is 0 Å². The molecule has 0 aliphatic rings. The number of halogens is 2. The zero-order valence-electron chi connectivity index (χ0n) is 10.6. The van der Waals surface area contributed by atoms with E-state index in [0.29, 0.717) is 0 Å². The van der Waals surface area contributed by atoms with Gasteiger partial charge in [0.1, 0.15) is 12.2 Å². The van der Waals surface area contributed by atoms with E-state index in [4.69, 9.17) is 11.6 Å². The van der Waals surface area contributed by atoms with Gasteiger partial charge in [-0.25, -0.2) is 0 Å². The van der Waals surface area contributed by atoms with Crippen molar-refractivity contribution in [3.63, 3.8) is 0 Å². The van der Waals surface area contributed by atoms with Crippen LogP contribution in [-0.2, 0) is 6.54 Å². The van der Waals surface area contributed by atoms with Crippen molar-refractivity contribution in [2.45, 2.75) is 6.54 Å². The molecule has 0 bridgehead atoms. The van der Waals surface area contributed by atoms with Gasteiger partial charge >= 0.3 is 0 Å². The first-order valence-electron chi connectivity index (χ1n) is 5.71. The molecular formula is C15H17BrClN. The Morgan fingerprint density at radius 2 is 1.44 bits per heavy atom. The summed E-state index contributed by atoms with van der Waals surface area (Å²) in [5, 5.41) is 0.786. The lowest BCUT2D eigenvalue weighted by Gasteiger charge is -2.29. The van der Waals surface area contributed by atoms with Crippen LogP contribution in [0.3, 0.4) is 0 Å². The first kappa shape index (κ1) is 15.2. The maximum absolute atomic E-state index is 5.92. The van der Waals surface area contributed by atoms with Gasteiger partial charge in [-0.05, 0) is 12.1 Å². The maximum Gasteiger partial charge on any atom is 0.132 e. The average Bonchev–Trinajstić information content (AvgIpc) is 2.30. The zero-order chi connectivity index (χ0) is 12.3. The third kappa shape index (κ3) is 3.84. The Morgan fingerprint density at radius 1 is 0.889 bits per heavy atom. The predicted octanol–water partition coefficient (Wildman–Crippen LogP) is 1.11. The van der Waals surface area contributed by atoms with E-state index in [0.717, 1.165) is 16.1 Å². The fourth-order valence-corrected chi connectivity index (χ4v) is 2.10. The van der Waals surface area contributed by atoms with Crippen molar-refractivity contribution < 1.29 is 17.0 Å². The van der Waals surface area contributed by atoms with Crippen LogP contribution < -0.4 is 21.5 Å². The number of hydrogen-bond acceptors (Lipinski definition) is 0. The van der Waals surface area contributed by atoms with Crippen LogP contribution in [0, 0.1) is 0 Å². The molecule has 0 aromatic heterocycles. The van der Waals surface area contributed by atoms with E-state index in [2.05, 4.69) is 50.5 Å². The number of hydrogen-bond donors (Lipinski definition) is 0. The zero-order valence-corrected chi connectivity index (χ0v) is 12.9. The van der Waals surface area contributed by atoms with E-state index in [1.54, 1.807) is 0 Å². The third-order valence-corrected chi connectivity index (χ3v) is 3.20. The minimum absolute atomic E-state index is 0. The Labute approximate surface area is 124 Å². The van der Waals surface area contributed by atoms with E-state index in [1.165, 1.54) is 11.3 Å². The van der Waals surface area contributed by atoms with Gasteiger partial charge in [0.2, 0.25) is 0 Å². The summed E-state index contributed by atoms with van der Waals surface area (Å²) in [6.07, 6.45) is 0. The van der Waals surface area contributed by atoms with Crippen molar-refractivity contribution in [2.75, 3.05) is 14.1 Å². The van der Waals surface area contributed by atoms with Gasteiger partial charge in [0.25, 0.3) is 0 Å². The van der Waals surface area contributed by atoms with Crippen LogP contribution in [0.4, 0.5) is 5.69 Å². The quantitative estimate of drug-likeness (QED) is 0.741. The molecule has 0 fully saturated rings. The summed E-state index contributed by atoms with van der Waals surface area (Å²) >= 11 is 5.92. The molecule has 2 aromatic carbocycles. The monoisotopic (exact) mass is 325 g/mol. The molecule has 0 aliphatic heterocycles. The van der Waals surface area contributed by atoms with Crippen molar-refractivity contribution in [3.8, 4) is 0 Å². The Balaban J connectivity index is 0.00000162. The summed E-state index contributed by atoms with van der Waals surface area (Å²) in [7, 11) is 4.41. The van der Waals surface area contributed by atoms with Crippen molar-refractivity contribution in [2.24, 2.45) is 0 Å². The van der Waals surface area contributed by atoms with Crippen molar-refractivity contribution >= 4 is 17.3 Å². The Bertz CT molecular complexity index is 480. The second kappa shape index (κ2) is 6.37. The molecule has 0 heterocycles. The van der Waals surface area contributed by atoms with Crippen LogP contribution >= 0.6 is 11.6 Å². The second-order valence-corrected chi connectivity index (χ2v) is 5.24. The molecule has 0 saturated heterocycles. The Morgan fingerprint density at radius 3 is 2.00 bits per heavy atom. The highest BCUT2D eigenvalue weighted by molar-refractivity contribution is 6.30. The summed E-state index contributed by atoms with van der Waals surface area (Å²) < 4.78 is 0.821. The molecule has 0 spiro atoms. The molecule has 0 unspecified atom stereocenters. The molecule has 0 radical (unpaired) electrons. The predicted molar refractivity (Wildman–Crippen MR) is 75.2 cm³/mol. The van der Waals surface area contributed by atoms with Crippen LogP contribution in [0.15, 0.2) is 54.6 Å². The fourth-order valence-electron chi connectivity index (χ4n) is 1.98. The molecule has 0 atom stereocenters. The number of nitrogens with zero attached hydrogens (tertiary/aromatic N) is 1. The highest BCUT2D eigenvalue weighted by Crippen LogP contribution is 2.23. The SMILES string of the molecule is C[N+](C)(Cc1ccccc1)c1ccc(Cl)cc1.[Br-]. The summed E-state index contributed by atoms with van der Waals surface area (Å²) in [4.78, 5) is 0. The minimum Gasteiger partial charge on any atom is -1.00 e. The number of rotatable bonds is 3. The molecule has 0 N–H and O–H groups in total. The molecule has 18 heavy (non-hydrogen) atoms. The summed E-state index contributed by atoms with van der Waals surface area (Å²) in [6, 6.07) is 18.6. The molecule has 0 aliphatic carbocycles. The van der Waals surface area contributed by atoms with Crippen molar-refractivity contribution in [1.29, 1.82) is 0 Å². The van der Waals surface area contributed by atoms with Crippen molar-refractivity contribution in [3.05, 3.63) is 65.2 Å². The van der Waals surface area contributed by atoms with E-state index >= 15 is 0 Å². The number of quaternary nitrogens is 1. The van der Waals surface area contributed by atoms with Gasteiger partial charge in [0.15, 0.2) is 0 Å².